The molecule has 2 aromatic carbocycles. The molecular weight excluding hydrogens is 338 g/mol. The zero-order valence-electron chi connectivity index (χ0n) is 16.6. The lowest BCUT2D eigenvalue weighted by molar-refractivity contribution is 0.0147. The average Bonchev–Trinajstić information content (AvgIpc) is 2.62. The van der Waals surface area contributed by atoms with Crippen LogP contribution in [0.4, 0.5) is 4.79 Å². The molecule has 0 saturated carbocycles. The van der Waals surface area contributed by atoms with Gasteiger partial charge in [0.2, 0.25) is 0 Å². The highest BCUT2D eigenvalue weighted by Gasteiger charge is 2.38. The zero-order chi connectivity index (χ0) is 19.6. The fourth-order valence-corrected chi connectivity index (χ4v) is 3.61. The number of rotatable bonds is 5. The lowest BCUT2D eigenvalue weighted by Gasteiger charge is -2.39. The molecule has 0 fully saturated rings. The predicted molar refractivity (Wildman–Crippen MR) is 108 cm³/mol. The second-order valence-electron chi connectivity index (χ2n) is 8.45. The van der Waals surface area contributed by atoms with Crippen molar-refractivity contribution in [3.8, 4) is 16.9 Å². The molecule has 0 bridgehead atoms. The third-order valence-electron chi connectivity index (χ3n) is 5.18. The lowest BCUT2D eigenvalue weighted by Crippen LogP contribution is -2.33. The van der Waals surface area contributed by atoms with Gasteiger partial charge in [-0.3, -0.25) is 0 Å². The molecule has 3 rings (SSSR count). The normalized spacial score (nSPS) is 18.0. The number of hydrogen-bond donors (Lipinski definition) is 1. The first-order valence-corrected chi connectivity index (χ1v) is 9.58. The van der Waals surface area contributed by atoms with Crippen LogP contribution in [0.15, 0.2) is 42.5 Å². The Bertz CT molecular complexity index is 809. The van der Waals surface area contributed by atoms with Gasteiger partial charge in [-0.1, -0.05) is 58.0 Å². The van der Waals surface area contributed by atoms with E-state index in [9.17, 15) is 4.79 Å². The van der Waals surface area contributed by atoms with Crippen LogP contribution in [0.5, 0.6) is 5.75 Å². The van der Waals surface area contributed by atoms with Gasteiger partial charge in [0.25, 0.3) is 0 Å². The number of benzene rings is 2. The monoisotopic (exact) mass is 367 g/mol. The standard InChI is InChI=1S/C23H29NO3/c1-15(2)14-26-19-8-5-16(6-9-19)17-7-10-20-18(13-17)11-12-23(3,4)21(20)27-22(24)25/h5-10,13,15,21H,11-12,14H2,1-4H3,(H2,24,25)/t21-/m0/s1. The van der Waals surface area contributed by atoms with Crippen LogP contribution in [0.3, 0.4) is 0 Å². The van der Waals surface area contributed by atoms with E-state index < -0.39 is 6.09 Å². The third-order valence-corrected chi connectivity index (χ3v) is 5.18. The molecule has 0 saturated heterocycles. The smallest absolute Gasteiger partial charge is 0.405 e. The maximum absolute atomic E-state index is 11.4. The summed E-state index contributed by atoms with van der Waals surface area (Å²) in [6.07, 6.45) is 0.884. The molecule has 0 aromatic heterocycles. The molecule has 1 aliphatic carbocycles. The van der Waals surface area contributed by atoms with E-state index in [4.69, 9.17) is 15.2 Å². The van der Waals surface area contributed by atoms with Crippen molar-refractivity contribution in [2.75, 3.05) is 6.61 Å². The molecule has 0 aliphatic heterocycles. The number of primary amides is 1. The van der Waals surface area contributed by atoms with Crippen LogP contribution in [0, 0.1) is 11.3 Å². The highest BCUT2D eigenvalue weighted by atomic mass is 16.6. The summed E-state index contributed by atoms with van der Waals surface area (Å²) >= 11 is 0. The Morgan fingerprint density at radius 1 is 1.15 bits per heavy atom. The van der Waals surface area contributed by atoms with Gasteiger partial charge in [0.15, 0.2) is 0 Å². The van der Waals surface area contributed by atoms with Crippen molar-refractivity contribution in [3.63, 3.8) is 0 Å². The first-order valence-electron chi connectivity index (χ1n) is 9.58. The van der Waals surface area contributed by atoms with Crippen molar-refractivity contribution < 1.29 is 14.3 Å². The van der Waals surface area contributed by atoms with Gasteiger partial charge in [-0.15, -0.1) is 0 Å². The molecule has 0 radical (unpaired) electrons. The van der Waals surface area contributed by atoms with Crippen LogP contribution in [-0.4, -0.2) is 12.7 Å². The highest BCUT2D eigenvalue weighted by molar-refractivity contribution is 5.67. The molecule has 1 amide bonds. The molecule has 1 aliphatic rings. The second-order valence-corrected chi connectivity index (χ2v) is 8.45. The summed E-state index contributed by atoms with van der Waals surface area (Å²) in [6, 6.07) is 14.6. The van der Waals surface area contributed by atoms with E-state index in [-0.39, 0.29) is 11.5 Å². The summed E-state index contributed by atoms with van der Waals surface area (Å²) in [5.74, 6) is 1.40. The Morgan fingerprint density at radius 2 is 1.81 bits per heavy atom. The van der Waals surface area contributed by atoms with E-state index >= 15 is 0 Å². The number of nitrogens with two attached hydrogens (primary N) is 1. The van der Waals surface area contributed by atoms with Gasteiger partial charge in [0.1, 0.15) is 11.9 Å². The van der Waals surface area contributed by atoms with Crippen LogP contribution in [-0.2, 0) is 11.2 Å². The maximum Gasteiger partial charge on any atom is 0.405 e. The SMILES string of the molecule is CC(C)COc1ccc(-c2ccc3c(c2)CCC(C)(C)[C@H]3OC(N)=O)cc1. The molecule has 0 spiro atoms. The largest absolute Gasteiger partial charge is 0.493 e. The molecular formula is C23H29NO3. The molecule has 4 nitrogen and oxygen atoms in total. The average molecular weight is 367 g/mol. The molecule has 0 unspecified atom stereocenters. The molecule has 27 heavy (non-hydrogen) atoms. The summed E-state index contributed by atoms with van der Waals surface area (Å²) in [7, 11) is 0. The fourth-order valence-electron chi connectivity index (χ4n) is 3.61. The van der Waals surface area contributed by atoms with Gasteiger partial charge in [0, 0.05) is 5.41 Å². The van der Waals surface area contributed by atoms with Gasteiger partial charge < -0.3 is 15.2 Å². The Kier molecular flexibility index (Phi) is 5.45. The number of amides is 1. The second kappa shape index (κ2) is 7.63. The van der Waals surface area contributed by atoms with E-state index in [1.807, 2.05) is 12.1 Å². The van der Waals surface area contributed by atoms with Crippen molar-refractivity contribution >= 4 is 6.09 Å². The summed E-state index contributed by atoms with van der Waals surface area (Å²) in [6.45, 7) is 9.23. The van der Waals surface area contributed by atoms with E-state index in [0.717, 1.165) is 41.9 Å². The fraction of sp³-hybridized carbons (Fsp3) is 0.435. The quantitative estimate of drug-likeness (QED) is 0.759. The van der Waals surface area contributed by atoms with Crippen LogP contribution in [0.1, 0.15) is 51.3 Å². The van der Waals surface area contributed by atoms with Crippen molar-refractivity contribution in [2.45, 2.75) is 46.6 Å². The molecule has 144 valence electrons. The number of hydrogen-bond acceptors (Lipinski definition) is 3. The van der Waals surface area contributed by atoms with Crippen molar-refractivity contribution in [2.24, 2.45) is 17.1 Å². The molecule has 1 atom stereocenters. The van der Waals surface area contributed by atoms with Crippen molar-refractivity contribution in [3.05, 3.63) is 53.6 Å². The molecule has 2 N–H and O–H groups in total. The van der Waals surface area contributed by atoms with Crippen molar-refractivity contribution in [1.82, 2.24) is 0 Å². The Hall–Kier alpha value is -2.49. The topological polar surface area (TPSA) is 61.6 Å². The van der Waals surface area contributed by atoms with Crippen LogP contribution >= 0.6 is 0 Å². The predicted octanol–water partition coefficient (Wildman–Crippen LogP) is 5.50. The summed E-state index contributed by atoms with van der Waals surface area (Å²) in [4.78, 5) is 11.4. The number of fused-ring (bicyclic) bond motifs is 1. The number of aryl methyl sites for hydroxylation is 1. The van der Waals surface area contributed by atoms with Crippen LogP contribution in [0.25, 0.3) is 11.1 Å². The Morgan fingerprint density at radius 3 is 2.44 bits per heavy atom. The number of carbonyl (C=O) groups excluding carboxylic acids is 1. The summed E-state index contributed by atoms with van der Waals surface area (Å²) < 4.78 is 11.2. The van der Waals surface area contributed by atoms with Crippen LogP contribution in [0.2, 0.25) is 0 Å². The van der Waals surface area contributed by atoms with Gasteiger partial charge in [-0.2, -0.15) is 0 Å². The molecule has 4 heteroatoms. The third kappa shape index (κ3) is 4.44. The van der Waals surface area contributed by atoms with Gasteiger partial charge in [-0.25, -0.2) is 4.79 Å². The Labute approximate surface area is 161 Å². The minimum Gasteiger partial charge on any atom is -0.493 e. The molecule has 2 aromatic rings. The number of ether oxygens (including phenoxy) is 2. The lowest BCUT2D eigenvalue weighted by atomic mass is 9.71. The zero-order valence-corrected chi connectivity index (χ0v) is 16.6. The van der Waals surface area contributed by atoms with Crippen molar-refractivity contribution in [1.29, 1.82) is 0 Å². The maximum atomic E-state index is 11.4. The number of carbonyl (C=O) groups is 1. The van der Waals surface area contributed by atoms with E-state index in [2.05, 4.69) is 58.0 Å². The first kappa shape index (κ1) is 19.3. The minimum absolute atomic E-state index is 0.126. The summed E-state index contributed by atoms with van der Waals surface area (Å²) in [5.41, 5.74) is 9.76. The first-order chi connectivity index (χ1) is 12.8. The van der Waals surface area contributed by atoms with Gasteiger partial charge in [0.05, 0.1) is 6.61 Å². The molecule has 0 heterocycles. The highest BCUT2D eigenvalue weighted by Crippen LogP contribution is 2.46. The van der Waals surface area contributed by atoms with E-state index in [0.29, 0.717) is 5.92 Å². The Balaban J connectivity index is 1.85. The van der Waals surface area contributed by atoms with Gasteiger partial charge >= 0.3 is 6.09 Å². The van der Waals surface area contributed by atoms with E-state index in [1.165, 1.54) is 5.56 Å². The summed E-state index contributed by atoms with van der Waals surface area (Å²) in [5, 5.41) is 0. The van der Waals surface area contributed by atoms with Gasteiger partial charge in [-0.05, 0) is 53.1 Å². The van der Waals surface area contributed by atoms with E-state index in [1.54, 1.807) is 0 Å². The minimum atomic E-state index is -0.720. The van der Waals surface area contributed by atoms with Crippen LogP contribution < -0.4 is 10.5 Å².